The van der Waals surface area contributed by atoms with Crippen LogP contribution in [0.15, 0.2) is 29.0 Å². The maximum absolute atomic E-state index is 10.7. The van der Waals surface area contributed by atoms with Crippen molar-refractivity contribution in [1.82, 2.24) is 5.16 Å². The van der Waals surface area contributed by atoms with Gasteiger partial charge in [0.25, 0.3) is 0 Å². The molecule has 0 fully saturated rings. The Kier molecular flexibility index (Phi) is 2.67. The van der Waals surface area contributed by atoms with Gasteiger partial charge in [-0.25, -0.2) is 8.42 Å². The Hall–Kier alpha value is -1.07. The summed E-state index contributed by atoms with van der Waals surface area (Å²) >= 11 is 0. The van der Waals surface area contributed by atoms with Crippen LogP contribution in [-0.4, -0.2) is 19.3 Å². The summed E-state index contributed by atoms with van der Waals surface area (Å²) < 4.78 is 26.3. The molecule has 1 aromatic heterocycles. The summed E-state index contributed by atoms with van der Waals surface area (Å²) in [5.41, 5.74) is 1.60. The van der Waals surface area contributed by atoms with Crippen molar-refractivity contribution >= 4 is 30.6 Å². The number of hydrogen-bond donors (Lipinski definition) is 0. The number of aromatic nitrogens is 1. The summed E-state index contributed by atoms with van der Waals surface area (Å²) in [4.78, 5) is 0. The Morgan fingerprint density at radius 2 is 2.20 bits per heavy atom. The Balaban J connectivity index is 2.21. The van der Waals surface area contributed by atoms with E-state index in [-0.39, 0.29) is 5.75 Å². The second kappa shape index (κ2) is 3.83. The number of aryl methyl sites for hydroxylation is 1. The molecule has 0 N–H and O–H groups in total. The number of halogens is 1. The van der Waals surface area contributed by atoms with Gasteiger partial charge in [0.05, 0.1) is 5.75 Å². The fourth-order valence-electron chi connectivity index (χ4n) is 1.30. The Labute approximate surface area is 91.2 Å². The fraction of sp³-hybridized carbons (Fsp3) is 0.222. The topological polar surface area (TPSA) is 60.2 Å². The molecule has 80 valence electrons. The molecule has 0 saturated carbocycles. The number of fused-ring (bicyclic) bond motifs is 1. The van der Waals surface area contributed by atoms with Crippen LogP contribution in [0.3, 0.4) is 0 Å². The molecule has 2 aromatic rings. The monoisotopic (exact) mass is 245 g/mol. The fourth-order valence-corrected chi connectivity index (χ4v) is 2.01. The first-order chi connectivity index (χ1) is 7.04. The molecule has 15 heavy (non-hydrogen) atoms. The van der Waals surface area contributed by atoms with Gasteiger partial charge in [0.15, 0.2) is 0 Å². The minimum absolute atomic E-state index is 0.0715. The van der Waals surface area contributed by atoms with Crippen molar-refractivity contribution in [3.05, 3.63) is 30.0 Å². The summed E-state index contributed by atoms with van der Waals surface area (Å²) in [6.45, 7) is 0. The van der Waals surface area contributed by atoms with Crippen LogP contribution in [0.1, 0.15) is 5.56 Å². The summed E-state index contributed by atoms with van der Waals surface area (Å²) in [5.74, 6) is -0.0715. The number of hydrogen-bond acceptors (Lipinski definition) is 4. The van der Waals surface area contributed by atoms with E-state index >= 15 is 0 Å². The second-order valence-corrected chi connectivity index (χ2v) is 6.10. The summed E-state index contributed by atoms with van der Waals surface area (Å²) in [6, 6.07) is 5.46. The largest absolute Gasteiger partial charge is 0.364 e. The smallest absolute Gasteiger partial charge is 0.232 e. The van der Waals surface area contributed by atoms with Gasteiger partial charge in [-0.1, -0.05) is 11.2 Å². The van der Waals surface area contributed by atoms with E-state index in [4.69, 9.17) is 15.2 Å². The van der Waals surface area contributed by atoms with E-state index in [2.05, 4.69) is 5.16 Å². The Morgan fingerprint density at radius 3 is 2.93 bits per heavy atom. The van der Waals surface area contributed by atoms with E-state index in [1.54, 1.807) is 6.07 Å². The van der Waals surface area contributed by atoms with Gasteiger partial charge in [-0.05, 0) is 24.1 Å². The summed E-state index contributed by atoms with van der Waals surface area (Å²) in [5, 5.41) is 4.66. The predicted octanol–water partition coefficient (Wildman–Crippen LogP) is 1.94. The van der Waals surface area contributed by atoms with Crippen molar-refractivity contribution in [2.75, 3.05) is 5.75 Å². The lowest BCUT2D eigenvalue weighted by Gasteiger charge is -1.98. The highest BCUT2D eigenvalue weighted by Gasteiger charge is 2.06. The molecule has 0 aliphatic heterocycles. The number of nitrogens with zero attached hydrogens (tertiary/aromatic N) is 1. The van der Waals surface area contributed by atoms with Crippen LogP contribution in [0.4, 0.5) is 0 Å². The van der Waals surface area contributed by atoms with Gasteiger partial charge >= 0.3 is 0 Å². The lowest BCUT2D eigenvalue weighted by Crippen LogP contribution is -2.00. The third-order valence-corrected chi connectivity index (χ3v) is 3.21. The molecule has 0 radical (unpaired) electrons. The third kappa shape index (κ3) is 2.70. The van der Waals surface area contributed by atoms with Gasteiger partial charge in [0.2, 0.25) is 9.05 Å². The molecule has 2 rings (SSSR count). The van der Waals surface area contributed by atoms with Crippen LogP contribution in [0.2, 0.25) is 0 Å². The van der Waals surface area contributed by atoms with Crippen LogP contribution in [0, 0.1) is 0 Å². The van der Waals surface area contributed by atoms with Crippen molar-refractivity contribution < 1.29 is 12.9 Å². The van der Waals surface area contributed by atoms with Gasteiger partial charge in [-0.15, -0.1) is 0 Å². The molecule has 0 aliphatic rings. The molecule has 0 bridgehead atoms. The molecule has 1 heterocycles. The normalized spacial score (nSPS) is 12.1. The lowest BCUT2D eigenvalue weighted by molar-refractivity contribution is 0.428. The number of rotatable bonds is 3. The Bertz CT molecular complexity index is 576. The molecule has 6 heteroatoms. The molecule has 0 amide bonds. The van der Waals surface area contributed by atoms with Gasteiger partial charge < -0.3 is 4.52 Å². The van der Waals surface area contributed by atoms with E-state index in [9.17, 15) is 8.42 Å². The average Bonchev–Trinajstić information content (AvgIpc) is 2.60. The van der Waals surface area contributed by atoms with Crippen molar-refractivity contribution in [3.63, 3.8) is 0 Å². The summed E-state index contributed by atoms with van der Waals surface area (Å²) in [6.07, 6.45) is 1.92. The van der Waals surface area contributed by atoms with E-state index in [0.717, 1.165) is 16.5 Å². The van der Waals surface area contributed by atoms with Crippen molar-refractivity contribution in [2.45, 2.75) is 6.42 Å². The van der Waals surface area contributed by atoms with Crippen molar-refractivity contribution in [3.8, 4) is 0 Å². The van der Waals surface area contributed by atoms with Gasteiger partial charge in [-0.3, -0.25) is 0 Å². The average molecular weight is 246 g/mol. The zero-order valence-corrected chi connectivity index (χ0v) is 9.25. The molecule has 4 nitrogen and oxygen atoms in total. The highest BCUT2D eigenvalue weighted by molar-refractivity contribution is 8.13. The van der Waals surface area contributed by atoms with Crippen LogP contribution in [0.25, 0.3) is 10.9 Å². The maximum atomic E-state index is 10.7. The van der Waals surface area contributed by atoms with Crippen LogP contribution >= 0.6 is 10.7 Å². The molecule has 0 aliphatic carbocycles. The zero-order valence-electron chi connectivity index (χ0n) is 7.68. The Morgan fingerprint density at radius 1 is 1.40 bits per heavy atom. The highest BCUT2D eigenvalue weighted by Crippen LogP contribution is 2.15. The van der Waals surface area contributed by atoms with Crippen molar-refractivity contribution in [1.29, 1.82) is 0 Å². The molecule has 1 aromatic carbocycles. The molecule has 0 unspecified atom stereocenters. The third-order valence-electron chi connectivity index (χ3n) is 2.06. The molecule has 0 spiro atoms. The van der Waals surface area contributed by atoms with Gasteiger partial charge in [-0.2, -0.15) is 0 Å². The standard InChI is InChI=1S/C9H8ClNO3S/c10-15(12,13)4-3-7-1-2-8-6-14-11-9(8)5-7/h1-2,5-6H,3-4H2. The highest BCUT2D eigenvalue weighted by atomic mass is 35.7. The summed E-state index contributed by atoms with van der Waals surface area (Å²) in [7, 11) is 1.68. The first-order valence-electron chi connectivity index (χ1n) is 4.30. The van der Waals surface area contributed by atoms with Crippen LogP contribution in [0.5, 0.6) is 0 Å². The first kappa shape index (κ1) is 10.4. The maximum Gasteiger partial charge on any atom is 0.232 e. The van der Waals surface area contributed by atoms with Crippen molar-refractivity contribution in [2.24, 2.45) is 0 Å². The zero-order chi connectivity index (χ0) is 10.9. The van der Waals surface area contributed by atoms with E-state index in [1.165, 1.54) is 6.26 Å². The van der Waals surface area contributed by atoms with E-state index < -0.39 is 9.05 Å². The first-order valence-corrected chi connectivity index (χ1v) is 6.78. The van der Waals surface area contributed by atoms with Gasteiger partial charge in [0, 0.05) is 16.1 Å². The molecule has 0 atom stereocenters. The van der Waals surface area contributed by atoms with E-state index in [0.29, 0.717) is 6.42 Å². The quantitative estimate of drug-likeness (QED) is 0.776. The lowest BCUT2D eigenvalue weighted by atomic mass is 10.1. The minimum Gasteiger partial charge on any atom is -0.364 e. The number of benzene rings is 1. The minimum atomic E-state index is -3.43. The van der Waals surface area contributed by atoms with Gasteiger partial charge in [0.1, 0.15) is 11.8 Å². The van der Waals surface area contributed by atoms with Crippen LogP contribution < -0.4 is 0 Å². The molecular formula is C9H8ClNO3S. The molecule has 0 saturated heterocycles. The SMILES string of the molecule is O=S(=O)(Cl)CCc1ccc2conc2c1. The molecular weight excluding hydrogens is 238 g/mol. The second-order valence-electron chi connectivity index (χ2n) is 3.20. The predicted molar refractivity (Wildman–Crippen MR) is 57.4 cm³/mol. The van der Waals surface area contributed by atoms with Crippen LogP contribution in [-0.2, 0) is 15.5 Å². The van der Waals surface area contributed by atoms with E-state index in [1.807, 2.05) is 12.1 Å².